The van der Waals surface area contributed by atoms with Crippen LogP contribution in [-0.2, 0) is 11.3 Å². The van der Waals surface area contributed by atoms with E-state index in [9.17, 15) is 4.79 Å². The van der Waals surface area contributed by atoms with Crippen LogP contribution in [-0.4, -0.2) is 44.2 Å². The van der Waals surface area contributed by atoms with Crippen LogP contribution in [0.3, 0.4) is 0 Å². The topological polar surface area (TPSA) is 77.0 Å². The summed E-state index contributed by atoms with van der Waals surface area (Å²) in [6, 6.07) is 0. The molecule has 0 fully saturated rings. The Morgan fingerprint density at radius 1 is 1.44 bits per heavy atom. The molecule has 1 amide bonds. The number of carbonyl (C=O) groups excluding carboxylic acids is 1. The van der Waals surface area contributed by atoms with Crippen LogP contribution in [0.5, 0.6) is 0 Å². The van der Waals surface area contributed by atoms with Gasteiger partial charge in [0.1, 0.15) is 11.6 Å². The monoisotopic (exact) mass is 269 g/mol. The summed E-state index contributed by atoms with van der Waals surface area (Å²) in [5.74, 6) is 1.60. The third kappa shape index (κ3) is 4.40. The molecule has 0 unspecified atom stereocenters. The van der Waals surface area contributed by atoms with E-state index in [0.717, 1.165) is 11.6 Å². The van der Waals surface area contributed by atoms with Gasteiger partial charge in [0.15, 0.2) is 0 Å². The van der Waals surface area contributed by atoms with Gasteiger partial charge >= 0.3 is 0 Å². The van der Waals surface area contributed by atoms with Crippen LogP contribution in [0.15, 0.2) is 0 Å². The van der Waals surface area contributed by atoms with E-state index < -0.39 is 0 Å². The summed E-state index contributed by atoms with van der Waals surface area (Å²) >= 11 is 4.78. The molecule has 1 aromatic rings. The SMILES string of the molecule is Cc1nc(C)n(CCC(=O)N(C)CCC(N)=S)n1. The Morgan fingerprint density at radius 2 is 2.11 bits per heavy atom. The first-order chi connectivity index (χ1) is 8.40. The van der Waals surface area contributed by atoms with E-state index in [1.165, 1.54) is 0 Å². The molecule has 0 aliphatic rings. The number of amides is 1. The summed E-state index contributed by atoms with van der Waals surface area (Å²) in [6.07, 6.45) is 0.955. The smallest absolute Gasteiger partial charge is 0.224 e. The van der Waals surface area contributed by atoms with Crippen LogP contribution < -0.4 is 5.73 Å². The Balaban J connectivity index is 2.41. The Bertz CT molecular complexity index is 443. The summed E-state index contributed by atoms with van der Waals surface area (Å²) in [7, 11) is 1.75. The highest BCUT2D eigenvalue weighted by Gasteiger charge is 2.10. The number of nitrogens with two attached hydrogens (primary N) is 1. The number of thiocarbonyl (C=S) groups is 1. The molecule has 100 valence electrons. The van der Waals surface area contributed by atoms with Gasteiger partial charge in [0, 0.05) is 26.4 Å². The average Bonchev–Trinajstić information content (AvgIpc) is 2.61. The largest absolute Gasteiger partial charge is 0.393 e. The molecule has 0 aliphatic heterocycles. The Hall–Kier alpha value is -1.50. The van der Waals surface area contributed by atoms with E-state index >= 15 is 0 Å². The molecule has 0 bridgehead atoms. The second kappa shape index (κ2) is 6.44. The van der Waals surface area contributed by atoms with Crippen molar-refractivity contribution in [3.8, 4) is 0 Å². The van der Waals surface area contributed by atoms with Crippen molar-refractivity contribution < 1.29 is 4.79 Å². The highest BCUT2D eigenvalue weighted by atomic mass is 32.1. The number of hydrogen-bond acceptors (Lipinski definition) is 4. The van der Waals surface area contributed by atoms with E-state index in [-0.39, 0.29) is 5.91 Å². The normalized spacial score (nSPS) is 10.4. The standard InChI is InChI=1S/C11H19N5OS/c1-8-13-9(2)16(14-8)7-5-11(17)15(3)6-4-10(12)18/h4-7H2,1-3H3,(H2,12,18). The maximum absolute atomic E-state index is 11.8. The van der Waals surface area contributed by atoms with Crippen LogP contribution in [0.1, 0.15) is 24.5 Å². The molecule has 0 radical (unpaired) electrons. The minimum atomic E-state index is 0.0544. The van der Waals surface area contributed by atoms with Gasteiger partial charge in [-0.25, -0.2) is 9.67 Å². The zero-order valence-electron chi connectivity index (χ0n) is 11.0. The number of aromatic nitrogens is 3. The van der Waals surface area contributed by atoms with Crippen molar-refractivity contribution in [1.82, 2.24) is 19.7 Å². The fourth-order valence-electron chi connectivity index (χ4n) is 1.57. The van der Waals surface area contributed by atoms with Gasteiger partial charge in [-0.05, 0) is 13.8 Å². The first-order valence-electron chi connectivity index (χ1n) is 5.80. The lowest BCUT2D eigenvalue weighted by atomic mass is 10.3. The van der Waals surface area contributed by atoms with Crippen molar-refractivity contribution in [2.75, 3.05) is 13.6 Å². The lowest BCUT2D eigenvalue weighted by Crippen LogP contribution is -2.30. The van der Waals surface area contributed by atoms with Gasteiger partial charge in [-0.1, -0.05) is 12.2 Å². The maximum atomic E-state index is 11.8. The average molecular weight is 269 g/mol. The molecule has 0 atom stereocenters. The number of rotatable bonds is 6. The zero-order chi connectivity index (χ0) is 13.7. The van der Waals surface area contributed by atoms with Gasteiger partial charge in [0.2, 0.25) is 5.91 Å². The predicted molar refractivity (Wildman–Crippen MR) is 73.2 cm³/mol. The first kappa shape index (κ1) is 14.6. The van der Waals surface area contributed by atoms with Gasteiger partial charge in [-0.15, -0.1) is 0 Å². The van der Waals surface area contributed by atoms with Crippen LogP contribution in [0, 0.1) is 13.8 Å². The van der Waals surface area contributed by atoms with Crippen LogP contribution in [0.2, 0.25) is 0 Å². The number of carbonyl (C=O) groups is 1. The Kier molecular flexibility index (Phi) is 5.21. The van der Waals surface area contributed by atoms with Crippen LogP contribution >= 0.6 is 12.2 Å². The molecule has 1 heterocycles. The molecule has 18 heavy (non-hydrogen) atoms. The van der Waals surface area contributed by atoms with Crippen molar-refractivity contribution in [1.29, 1.82) is 0 Å². The number of hydrogen-bond donors (Lipinski definition) is 1. The summed E-state index contributed by atoms with van der Waals surface area (Å²) < 4.78 is 1.74. The highest BCUT2D eigenvalue weighted by molar-refractivity contribution is 7.80. The lowest BCUT2D eigenvalue weighted by molar-refractivity contribution is -0.130. The minimum Gasteiger partial charge on any atom is -0.393 e. The van der Waals surface area contributed by atoms with Gasteiger partial charge in [0.05, 0.1) is 11.5 Å². The molecule has 1 aromatic heterocycles. The van der Waals surface area contributed by atoms with E-state index in [0.29, 0.717) is 30.9 Å². The summed E-state index contributed by atoms with van der Waals surface area (Å²) in [6.45, 7) is 4.81. The van der Waals surface area contributed by atoms with Gasteiger partial charge in [-0.2, -0.15) is 5.10 Å². The molecular formula is C11H19N5OS. The molecule has 0 saturated heterocycles. The fraction of sp³-hybridized carbons (Fsp3) is 0.636. The zero-order valence-corrected chi connectivity index (χ0v) is 11.8. The van der Waals surface area contributed by atoms with Crippen molar-refractivity contribution in [2.24, 2.45) is 5.73 Å². The van der Waals surface area contributed by atoms with Crippen molar-refractivity contribution >= 4 is 23.1 Å². The Morgan fingerprint density at radius 3 is 2.61 bits per heavy atom. The number of nitrogens with zero attached hydrogens (tertiary/aromatic N) is 4. The molecule has 0 aliphatic carbocycles. The molecule has 0 aromatic carbocycles. The molecule has 1 rings (SSSR count). The predicted octanol–water partition coefficient (Wildman–Crippen LogP) is 0.420. The third-order valence-electron chi connectivity index (χ3n) is 2.62. The number of aryl methyl sites for hydroxylation is 3. The molecule has 7 heteroatoms. The second-order valence-corrected chi connectivity index (χ2v) is 4.74. The lowest BCUT2D eigenvalue weighted by Gasteiger charge is -2.16. The van der Waals surface area contributed by atoms with Crippen LogP contribution in [0.4, 0.5) is 0 Å². The quantitative estimate of drug-likeness (QED) is 0.757. The summed E-state index contributed by atoms with van der Waals surface area (Å²) in [4.78, 5) is 18.1. The van der Waals surface area contributed by atoms with Gasteiger partial charge in [0.25, 0.3) is 0 Å². The van der Waals surface area contributed by atoms with Crippen molar-refractivity contribution in [3.63, 3.8) is 0 Å². The molecular weight excluding hydrogens is 250 g/mol. The second-order valence-electron chi connectivity index (χ2n) is 4.21. The molecule has 6 nitrogen and oxygen atoms in total. The third-order valence-corrected chi connectivity index (χ3v) is 2.82. The Labute approximate surface area is 112 Å². The van der Waals surface area contributed by atoms with E-state index in [4.69, 9.17) is 18.0 Å². The van der Waals surface area contributed by atoms with Gasteiger partial charge in [-0.3, -0.25) is 4.79 Å². The van der Waals surface area contributed by atoms with E-state index in [2.05, 4.69) is 10.1 Å². The van der Waals surface area contributed by atoms with E-state index in [1.54, 1.807) is 16.6 Å². The molecule has 0 spiro atoms. The summed E-state index contributed by atoms with van der Waals surface area (Å²) in [5, 5.41) is 4.21. The van der Waals surface area contributed by atoms with Crippen molar-refractivity contribution in [2.45, 2.75) is 33.2 Å². The van der Waals surface area contributed by atoms with Gasteiger partial charge < -0.3 is 10.6 Å². The maximum Gasteiger partial charge on any atom is 0.224 e. The highest BCUT2D eigenvalue weighted by Crippen LogP contribution is 2.00. The van der Waals surface area contributed by atoms with E-state index in [1.807, 2.05) is 13.8 Å². The first-order valence-corrected chi connectivity index (χ1v) is 6.21. The minimum absolute atomic E-state index is 0.0544. The fourth-order valence-corrected chi connectivity index (χ4v) is 1.66. The molecule has 2 N–H and O–H groups in total. The molecule has 0 saturated carbocycles. The van der Waals surface area contributed by atoms with Crippen LogP contribution in [0.25, 0.3) is 0 Å². The summed E-state index contributed by atoms with van der Waals surface area (Å²) in [5.41, 5.74) is 5.40. The van der Waals surface area contributed by atoms with Crippen molar-refractivity contribution in [3.05, 3.63) is 11.6 Å².